The van der Waals surface area contributed by atoms with Gasteiger partial charge in [0.05, 0.1) is 23.8 Å². The van der Waals surface area contributed by atoms with E-state index in [9.17, 15) is 18.0 Å². The van der Waals surface area contributed by atoms with Crippen LogP contribution >= 0.6 is 11.6 Å². The lowest BCUT2D eigenvalue weighted by atomic mass is 10.2. The number of benzene rings is 2. The Morgan fingerprint density at radius 3 is 2.50 bits per heavy atom. The Labute approximate surface area is 139 Å². The van der Waals surface area contributed by atoms with Crippen LogP contribution in [0.4, 0.5) is 13.2 Å². The third kappa shape index (κ3) is 3.68. The molecule has 0 radical (unpaired) electrons. The molecule has 0 N–H and O–H groups in total. The van der Waals surface area contributed by atoms with Crippen molar-refractivity contribution >= 4 is 22.5 Å². The number of hydrogen-bond donors (Lipinski definition) is 0. The lowest BCUT2D eigenvalue weighted by Gasteiger charge is -2.10. The van der Waals surface area contributed by atoms with Crippen molar-refractivity contribution in [2.24, 2.45) is 0 Å². The maximum atomic E-state index is 12.4. The molecule has 0 aliphatic heterocycles. The van der Waals surface area contributed by atoms with Crippen LogP contribution < -0.4 is 10.3 Å². The normalized spacial score (nSPS) is 11.7. The molecule has 124 valence electrons. The number of rotatable bonds is 3. The van der Waals surface area contributed by atoms with Gasteiger partial charge in [0.25, 0.3) is 5.56 Å². The second kappa shape index (κ2) is 6.16. The predicted octanol–water partition coefficient (Wildman–Crippen LogP) is 4.00. The summed E-state index contributed by atoms with van der Waals surface area (Å²) >= 11 is 5.86. The maximum absolute atomic E-state index is 12.4. The lowest BCUT2D eigenvalue weighted by Crippen LogP contribution is -2.21. The summed E-state index contributed by atoms with van der Waals surface area (Å²) in [6, 6.07) is 10.1. The summed E-state index contributed by atoms with van der Waals surface area (Å²) in [5, 5.41) is 0.895. The summed E-state index contributed by atoms with van der Waals surface area (Å²) in [6.07, 6.45) is -3.36. The molecule has 0 bridgehead atoms. The molecule has 8 heteroatoms. The fourth-order valence-corrected chi connectivity index (χ4v) is 2.40. The van der Waals surface area contributed by atoms with E-state index >= 15 is 0 Å². The minimum Gasteiger partial charge on any atom is -0.406 e. The number of halogens is 4. The molecule has 0 fully saturated rings. The first-order valence-corrected chi connectivity index (χ1v) is 7.19. The van der Waals surface area contributed by atoms with E-state index in [0.29, 0.717) is 21.5 Å². The van der Waals surface area contributed by atoms with Crippen molar-refractivity contribution in [1.29, 1.82) is 0 Å². The quantitative estimate of drug-likeness (QED) is 0.714. The van der Waals surface area contributed by atoms with E-state index in [1.165, 1.54) is 35.2 Å². The van der Waals surface area contributed by atoms with Crippen LogP contribution in [-0.4, -0.2) is 15.9 Å². The molecule has 3 aromatic rings. The van der Waals surface area contributed by atoms with Gasteiger partial charge in [0, 0.05) is 5.02 Å². The highest BCUT2D eigenvalue weighted by molar-refractivity contribution is 6.31. The van der Waals surface area contributed by atoms with Gasteiger partial charge in [-0.1, -0.05) is 23.7 Å². The molecule has 2 aromatic carbocycles. The summed E-state index contributed by atoms with van der Waals surface area (Å²) in [4.78, 5) is 16.6. The molecule has 1 aromatic heterocycles. The minimum absolute atomic E-state index is 0.177. The third-order valence-corrected chi connectivity index (χ3v) is 3.53. The van der Waals surface area contributed by atoms with E-state index in [4.69, 9.17) is 11.6 Å². The topological polar surface area (TPSA) is 44.1 Å². The Balaban J connectivity index is 1.86. The number of alkyl halides is 3. The molecule has 0 atom stereocenters. The van der Waals surface area contributed by atoms with Crippen LogP contribution in [0, 0.1) is 0 Å². The van der Waals surface area contributed by atoms with Crippen molar-refractivity contribution in [3.8, 4) is 5.75 Å². The molecule has 24 heavy (non-hydrogen) atoms. The van der Waals surface area contributed by atoms with E-state index in [0.717, 1.165) is 0 Å². The fraction of sp³-hybridized carbons (Fsp3) is 0.125. The lowest BCUT2D eigenvalue weighted by molar-refractivity contribution is -0.274. The summed E-state index contributed by atoms with van der Waals surface area (Å²) < 4.78 is 41.6. The van der Waals surface area contributed by atoms with Gasteiger partial charge in [-0.2, -0.15) is 0 Å². The van der Waals surface area contributed by atoms with Gasteiger partial charge >= 0.3 is 6.36 Å². The first-order valence-electron chi connectivity index (χ1n) is 6.81. The van der Waals surface area contributed by atoms with E-state index in [-0.39, 0.29) is 17.9 Å². The maximum Gasteiger partial charge on any atom is 0.573 e. The standard InChI is InChI=1S/C16H10ClF3N2O2/c17-11-3-6-13-14(7-11)21-9-22(15(13)23)8-10-1-4-12(5-2-10)24-16(18,19)20/h1-7,9H,8H2. The number of hydrogen-bond acceptors (Lipinski definition) is 3. The molecule has 3 rings (SSSR count). The van der Waals surface area contributed by atoms with Crippen molar-refractivity contribution in [1.82, 2.24) is 9.55 Å². The smallest absolute Gasteiger partial charge is 0.406 e. The highest BCUT2D eigenvalue weighted by Crippen LogP contribution is 2.23. The molecule has 0 unspecified atom stereocenters. The average Bonchev–Trinajstić information content (AvgIpc) is 2.50. The van der Waals surface area contributed by atoms with Crippen molar-refractivity contribution in [2.45, 2.75) is 12.9 Å². The van der Waals surface area contributed by atoms with E-state index in [1.807, 2.05) is 0 Å². The van der Waals surface area contributed by atoms with Crippen LogP contribution in [0.2, 0.25) is 5.02 Å². The van der Waals surface area contributed by atoms with E-state index in [2.05, 4.69) is 9.72 Å². The molecule has 0 spiro atoms. The Bertz CT molecular complexity index is 937. The Hall–Kier alpha value is -2.54. The van der Waals surface area contributed by atoms with Crippen molar-refractivity contribution < 1.29 is 17.9 Å². The molecule has 0 saturated carbocycles. The Kier molecular flexibility index (Phi) is 4.19. The zero-order chi connectivity index (χ0) is 17.3. The van der Waals surface area contributed by atoms with Crippen LogP contribution in [0.15, 0.2) is 53.6 Å². The van der Waals surface area contributed by atoms with Gasteiger partial charge in [0.1, 0.15) is 5.75 Å². The molecule has 4 nitrogen and oxygen atoms in total. The first kappa shape index (κ1) is 16.3. The highest BCUT2D eigenvalue weighted by atomic mass is 35.5. The molecular weight excluding hydrogens is 345 g/mol. The highest BCUT2D eigenvalue weighted by Gasteiger charge is 2.30. The first-order chi connectivity index (χ1) is 11.3. The van der Waals surface area contributed by atoms with Gasteiger partial charge in [-0.15, -0.1) is 13.2 Å². The average molecular weight is 355 g/mol. The summed E-state index contributed by atoms with van der Waals surface area (Å²) in [7, 11) is 0. The third-order valence-electron chi connectivity index (χ3n) is 3.30. The number of fused-ring (bicyclic) bond motifs is 1. The van der Waals surface area contributed by atoms with Gasteiger partial charge in [0.15, 0.2) is 0 Å². The molecule has 0 saturated heterocycles. The van der Waals surface area contributed by atoms with E-state index < -0.39 is 6.36 Å². The van der Waals surface area contributed by atoms with Gasteiger partial charge in [-0.25, -0.2) is 4.98 Å². The molecule has 1 heterocycles. The van der Waals surface area contributed by atoms with Gasteiger partial charge in [-0.05, 0) is 35.9 Å². The zero-order valence-corrected chi connectivity index (χ0v) is 12.8. The van der Waals surface area contributed by atoms with E-state index in [1.54, 1.807) is 18.2 Å². The number of aromatic nitrogens is 2. The van der Waals surface area contributed by atoms with Crippen molar-refractivity contribution in [3.05, 3.63) is 69.7 Å². The molecule has 0 aliphatic rings. The predicted molar refractivity (Wildman–Crippen MR) is 83.2 cm³/mol. The van der Waals surface area contributed by atoms with Crippen LogP contribution in [0.3, 0.4) is 0 Å². The number of nitrogens with zero attached hydrogens (tertiary/aromatic N) is 2. The van der Waals surface area contributed by atoms with Gasteiger partial charge in [0.2, 0.25) is 0 Å². The Morgan fingerprint density at radius 1 is 1.12 bits per heavy atom. The minimum atomic E-state index is -4.73. The second-order valence-corrected chi connectivity index (χ2v) is 5.47. The number of ether oxygens (including phenoxy) is 1. The molecule has 0 amide bonds. The summed E-state index contributed by atoms with van der Waals surface area (Å²) in [5.41, 5.74) is 0.867. The van der Waals surface area contributed by atoms with Crippen molar-refractivity contribution in [2.75, 3.05) is 0 Å². The van der Waals surface area contributed by atoms with Crippen LogP contribution in [-0.2, 0) is 6.54 Å². The van der Waals surface area contributed by atoms with Crippen molar-refractivity contribution in [3.63, 3.8) is 0 Å². The zero-order valence-electron chi connectivity index (χ0n) is 12.0. The molecular formula is C16H10ClF3N2O2. The van der Waals surface area contributed by atoms with Crippen LogP contribution in [0.1, 0.15) is 5.56 Å². The van der Waals surface area contributed by atoms with Crippen LogP contribution in [0.25, 0.3) is 10.9 Å². The second-order valence-electron chi connectivity index (χ2n) is 5.03. The Morgan fingerprint density at radius 2 is 1.83 bits per heavy atom. The summed E-state index contributed by atoms with van der Waals surface area (Å²) in [6.45, 7) is 0.177. The monoisotopic (exact) mass is 354 g/mol. The molecule has 0 aliphatic carbocycles. The summed E-state index contributed by atoms with van der Waals surface area (Å²) in [5.74, 6) is -0.315. The largest absolute Gasteiger partial charge is 0.573 e. The van der Waals surface area contributed by atoms with Crippen LogP contribution in [0.5, 0.6) is 5.75 Å². The van der Waals surface area contributed by atoms with Gasteiger partial charge < -0.3 is 4.74 Å². The SMILES string of the molecule is O=c1c2ccc(Cl)cc2ncn1Cc1ccc(OC(F)(F)F)cc1. The van der Waals surface area contributed by atoms with Gasteiger partial charge in [-0.3, -0.25) is 9.36 Å². The fourth-order valence-electron chi connectivity index (χ4n) is 2.24.